The molecule has 2 aliphatic rings. The maximum Gasteiger partial charge on any atom is 0.274 e. The molecular formula is C27H32ClFN6O3. The molecule has 202 valence electrons. The van der Waals surface area contributed by atoms with Gasteiger partial charge in [0.1, 0.15) is 17.1 Å². The number of aryl methyl sites for hydroxylation is 1. The maximum absolute atomic E-state index is 13.5. The second-order valence-electron chi connectivity index (χ2n) is 11.2. The van der Waals surface area contributed by atoms with E-state index in [-0.39, 0.29) is 16.8 Å². The molecule has 2 saturated carbocycles. The van der Waals surface area contributed by atoms with E-state index in [1.54, 1.807) is 44.1 Å². The number of rotatable bonds is 7. The molecule has 38 heavy (non-hydrogen) atoms. The minimum atomic E-state index is -1.08. The molecule has 2 aromatic heterocycles. The number of halogens is 2. The molecule has 9 nitrogen and oxygen atoms in total. The van der Waals surface area contributed by atoms with Gasteiger partial charge in [-0.1, -0.05) is 11.6 Å². The molecule has 2 heterocycles. The topological polar surface area (TPSA) is 125 Å². The van der Waals surface area contributed by atoms with Gasteiger partial charge in [-0.15, -0.1) is 0 Å². The summed E-state index contributed by atoms with van der Waals surface area (Å²) >= 11 is 5.86. The number of aromatic nitrogens is 4. The van der Waals surface area contributed by atoms with Gasteiger partial charge in [-0.2, -0.15) is 0 Å². The van der Waals surface area contributed by atoms with Crippen LogP contribution in [0, 0.1) is 17.7 Å². The smallest absolute Gasteiger partial charge is 0.274 e. The minimum Gasteiger partial charge on any atom is -0.388 e. The average Bonchev–Trinajstić information content (AvgIpc) is 3.51. The number of fused-ring (bicyclic) bond motifs is 1. The Balaban J connectivity index is 1.22. The molecule has 1 aromatic carbocycles. The van der Waals surface area contributed by atoms with Gasteiger partial charge in [0, 0.05) is 31.4 Å². The third-order valence-corrected chi connectivity index (χ3v) is 8.02. The number of anilines is 2. The van der Waals surface area contributed by atoms with Crippen LogP contribution in [0.2, 0.25) is 5.02 Å². The van der Waals surface area contributed by atoms with Crippen LogP contribution < -0.4 is 10.6 Å². The van der Waals surface area contributed by atoms with Crippen LogP contribution in [0.15, 0.2) is 36.8 Å². The van der Waals surface area contributed by atoms with Crippen molar-refractivity contribution in [1.82, 2.24) is 19.5 Å². The first-order chi connectivity index (χ1) is 17.9. The van der Waals surface area contributed by atoms with Crippen LogP contribution in [0.4, 0.5) is 16.0 Å². The molecule has 2 aliphatic carbocycles. The van der Waals surface area contributed by atoms with Gasteiger partial charge in [-0.3, -0.25) is 4.79 Å². The number of benzene rings is 1. The number of carbonyl (C=O) groups is 1. The van der Waals surface area contributed by atoms with E-state index in [9.17, 15) is 19.4 Å². The quantitative estimate of drug-likeness (QED) is 0.352. The summed E-state index contributed by atoms with van der Waals surface area (Å²) in [5.41, 5.74) is 0.156. The summed E-state index contributed by atoms with van der Waals surface area (Å²) in [6, 6.07) is 5.73. The molecule has 5 rings (SSSR count). The normalized spacial score (nSPS) is 24.9. The van der Waals surface area contributed by atoms with Crippen LogP contribution >= 0.6 is 11.6 Å². The lowest BCUT2D eigenvalue weighted by atomic mass is 9.92. The highest BCUT2D eigenvalue weighted by atomic mass is 35.5. The van der Waals surface area contributed by atoms with Gasteiger partial charge in [0.25, 0.3) is 5.91 Å². The maximum atomic E-state index is 13.5. The van der Waals surface area contributed by atoms with E-state index < -0.39 is 17.0 Å². The summed E-state index contributed by atoms with van der Waals surface area (Å²) in [7, 11) is 1.78. The van der Waals surface area contributed by atoms with E-state index in [1.807, 2.05) is 0 Å². The highest BCUT2D eigenvalue weighted by Crippen LogP contribution is 2.54. The third kappa shape index (κ3) is 5.39. The number of nitrogens with one attached hydrogen (secondary N) is 2. The number of amides is 1. The summed E-state index contributed by atoms with van der Waals surface area (Å²) in [4.78, 5) is 26.3. The van der Waals surface area contributed by atoms with E-state index in [2.05, 4.69) is 25.6 Å². The largest absolute Gasteiger partial charge is 0.388 e. The van der Waals surface area contributed by atoms with E-state index in [0.717, 1.165) is 18.5 Å². The SMILES string of the molecule is Cn1cnc(C2CC3CC(O)(CNc4nccc(C(C)(C)O)n4)CC3C2)c1C(=O)Nc1ccc(F)c(Cl)c1. The fourth-order valence-corrected chi connectivity index (χ4v) is 6.14. The van der Waals surface area contributed by atoms with Crippen molar-refractivity contribution >= 4 is 29.1 Å². The molecule has 0 bridgehead atoms. The first kappa shape index (κ1) is 26.5. The number of imidazole rings is 1. The number of carbonyl (C=O) groups excluding carboxylic acids is 1. The van der Waals surface area contributed by atoms with Gasteiger partial charge in [-0.05, 0) is 75.6 Å². The monoisotopic (exact) mass is 542 g/mol. The van der Waals surface area contributed by atoms with Crippen molar-refractivity contribution in [2.45, 2.75) is 56.7 Å². The lowest BCUT2D eigenvalue weighted by molar-refractivity contribution is 0.0512. The van der Waals surface area contributed by atoms with Crippen molar-refractivity contribution in [2.24, 2.45) is 18.9 Å². The number of nitrogens with zero attached hydrogens (tertiary/aromatic N) is 4. The molecule has 1 amide bonds. The fraction of sp³-hybridized carbons (Fsp3) is 0.481. The van der Waals surface area contributed by atoms with Gasteiger partial charge in [-0.25, -0.2) is 19.3 Å². The predicted molar refractivity (Wildman–Crippen MR) is 141 cm³/mol. The third-order valence-electron chi connectivity index (χ3n) is 7.73. The second-order valence-corrected chi connectivity index (χ2v) is 11.6. The molecule has 3 aromatic rings. The van der Waals surface area contributed by atoms with Gasteiger partial charge < -0.3 is 25.4 Å². The molecule has 0 aliphatic heterocycles. The molecule has 2 fully saturated rings. The van der Waals surface area contributed by atoms with Crippen molar-refractivity contribution in [1.29, 1.82) is 0 Å². The zero-order chi connectivity index (χ0) is 27.2. The number of hydrogen-bond acceptors (Lipinski definition) is 7. The Morgan fingerprint density at radius 3 is 2.61 bits per heavy atom. The molecular weight excluding hydrogens is 511 g/mol. The summed E-state index contributed by atoms with van der Waals surface area (Å²) < 4.78 is 15.2. The molecule has 0 spiro atoms. The van der Waals surface area contributed by atoms with E-state index in [4.69, 9.17) is 11.6 Å². The van der Waals surface area contributed by atoms with Gasteiger partial charge in [0.05, 0.1) is 28.3 Å². The first-order valence-electron chi connectivity index (χ1n) is 12.7. The Kier molecular flexibility index (Phi) is 6.91. The average molecular weight is 543 g/mol. The van der Waals surface area contributed by atoms with E-state index in [1.165, 1.54) is 18.2 Å². The first-order valence-corrected chi connectivity index (χ1v) is 13.1. The van der Waals surface area contributed by atoms with Crippen molar-refractivity contribution in [3.05, 3.63) is 64.7 Å². The van der Waals surface area contributed by atoms with Crippen LogP contribution in [0.3, 0.4) is 0 Å². The van der Waals surface area contributed by atoms with E-state index >= 15 is 0 Å². The minimum absolute atomic E-state index is 0.0601. The van der Waals surface area contributed by atoms with Crippen LogP contribution in [0.25, 0.3) is 0 Å². The van der Waals surface area contributed by atoms with Crippen LogP contribution in [-0.2, 0) is 12.6 Å². The Morgan fingerprint density at radius 2 is 1.95 bits per heavy atom. The van der Waals surface area contributed by atoms with Gasteiger partial charge in [0.2, 0.25) is 5.95 Å². The number of aliphatic hydroxyl groups is 2. The Morgan fingerprint density at radius 1 is 1.24 bits per heavy atom. The Labute approximate surface area is 225 Å². The zero-order valence-electron chi connectivity index (χ0n) is 21.6. The van der Waals surface area contributed by atoms with Crippen molar-refractivity contribution in [3.63, 3.8) is 0 Å². The summed E-state index contributed by atoms with van der Waals surface area (Å²) in [6.45, 7) is 3.64. The predicted octanol–water partition coefficient (Wildman–Crippen LogP) is 4.23. The molecule has 2 unspecified atom stereocenters. The number of hydrogen-bond donors (Lipinski definition) is 4. The summed E-state index contributed by atoms with van der Waals surface area (Å²) in [6.07, 6.45) is 6.15. The lowest BCUT2D eigenvalue weighted by Gasteiger charge is -2.25. The summed E-state index contributed by atoms with van der Waals surface area (Å²) in [5, 5.41) is 27.4. The Hall–Kier alpha value is -3.08. The highest BCUT2D eigenvalue weighted by Gasteiger charge is 2.49. The van der Waals surface area contributed by atoms with Crippen LogP contribution in [-0.4, -0.2) is 47.8 Å². The highest BCUT2D eigenvalue weighted by molar-refractivity contribution is 6.31. The van der Waals surface area contributed by atoms with Crippen molar-refractivity contribution < 1.29 is 19.4 Å². The zero-order valence-corrected chi connectivity index (χ0v) is 22.3. The molecule has 4 N–H and O–H groups in total. The lowest BCUT2D eigenvalue weighted by Crippen LogP contribution is -2.35. The van der Waals surface area contributed by atoms with Crippen LogP contribution in [0.1, 0.15) is 67.3 Å². The van der Waals surface area contributed by atoms with Gasteiger partial charge >= 0.3 is 0 Å². The summed E-state index contributed by atoms with van der Waals surface area (Å²) in [5.74, 6) is 0.226. The molecule has 2 atom stereocenters. The molecule has 0 radical (unpaired) electrons. The van der Waals surface area contributed by atoms with Gasteiger partial charge in [0.15, 0.2) is 0 Å². The molecule has 11 heteroatoms. The van der Waals surface area contributed by atoms with E-state index in [0.29, 0.717) is 54.2 Å². The van der Waals surface area contributed by atoms with Crippen molar-refractivity contribution in [2.75, 3.05) is 17.2 Å². The second kappa shape index (κ2) is 9.91. The Bertz CT molecular complexity index is 1340. The van der Waals surface area contributed by atoms with Crippen LogP contribution in [0.5, 0.6) is 0 Å². The fourth-order valence-electron chi connectivity index (χ4n) is 5.96. The standard InChI is InChI=1S/C27H32ClFN6O3/c1-26(2,37)21-6-7-30-25(34-21)31-13-27(38)11-16-8-15(9-17(16)12-27)22-23(35(3)14-32-22)24(36)33-18-4-5-20(29)19(28)10-18/h4-7,10,14-17,37-38H,8-9,11-13H2,1-3H3,(H,33,36)(H,30,31,34). The molecule has 0 saturated heterocycles. The van der Waals surface area contributed by atoms with Crippen molar-refractivity contribution in [3.8, 4) is 0 Å².